The lowest BCUT2D eigenvalue weighted by Gasteiger charge is -2.12. The van der Waals surface area contributed by atoms with Gasteiger partial charge in [-0.3, -0.25) is 9.59 Å². The number of carbonyl (C=O) groups excluding carboxylic acids is 2. The van der Waals surface area contributed by atoms with Crippen LogP contribution in [-0.2, 0) is 28.9 Å². The number of nitrogens with two attached hydrogens (primary N) is 2. The average Bonchev–Trinajstić information content (AvgIpc) is 3.13. The molecule has 0 fully saturated rings. The van der Waals surface area contributed by atoms with E-state index in [1.54, 1.807) is 11.3 Å². The number of hydrogen-bond donors (Lipinski definition) is 4. The van der Waals surface area contributed by atoms with Crippen LogP contribution in [0.5, 0.6) is 0 Å². The summed E-state index contributed by atoms with van der Waals surface area (Å²) in [6.45, 7) is 1.18. The first kappa shape index (κ1) is 21.1. The molecule has 0 bridgehead atoms. The summed E-state index contributed by atoms with van der Waals surface area (Å²) in [5, 5.41) is 5.41. The first-order valence-corrected chi connectivity index (χ1v) is 10.0. The maximum Gasteiger partial charge on any atom is 0.239 e. The minimum Gasteiger partial charge on any atom is -0.354 e. The fourth-order valence-corrected chi connectivity index (χ4v) is 3.67. The molecule has 1 aromatic carbocycles. The van der Waals surface area contributed by atoms with E-state index in [4.69, 9.17) is 11.5 Å². The highest BCUT2D eigenvalue weighted by Gasteiger charge is 2.14. The van der Waals surface area contributed by atoms with Gasteiger partial charge in [0.25, 0.3) is 0 Å². The average molecular weight is 389 g/mol. The molecule has 6 N–H and O–H groups in total. The smallest absolute Gasteiger partial charge is 0.239 e. The van der Waals surface area contributed by atoms with E-state index in [-0.39, 0.29) is 18.4 Å². The molecule has 0 aliphatic rings. The Balaban J connectivity index is 1.62. The van der Waals surface area contributed by atoms with Gasteiger partial charge in [-0.05, 0) is 49.9 Å². The van der Waals surface area contributed by atoms with Gasteiger partial charge in [-0.25, -0.2) is 0 Å². The summed E-state index contributed by atoms with van der Waals surface area (Å²) in [5.41, 5.74) is 12.4. The van der Waals surface area contributed by atoms with Gasteiger partial charge in [-0.2, -0.15) is 0 Å². The van der Waals surface area contributed by atoms with Crippen molar-refractivity contribution < 1.29 is 9.59 Å². The molecule has 27 heavy (non-hydrogen) atoms. The molecular weight excluding hydrogens is 360 g/mol. The normalized spacial score (nSPS) is 11.8. The Morgan fingerprint density at radius 1 is 1.00 bits per heavy atom. The Morgan fingerprint density at radius 2 is 1.70 bits per heavy atom. The topological polar surface area (TPSA) is 110 Å². The number of aryl methyl sites for hydroxylation is 1. The summed E-state index contributed by atoms with van der Waals surface area (Å²) >= 11 is 1.75. The maximum atomic E-state index is 12.0. The molecule has 1 aromatic heterocycles. The van der Waals surface area contributed by atoms with Gasteiger partial charge in [0, 0.05) is 16.3 Å². The fraction of sp³-hybridized carbons (Fsp3) is 0.400. The van der Waals surface area contributed by atoms with Crippen molar-refractivity contribution >= 4 is 23.2 Å². The predicted molar refractivity (Wildman–Crippen MR) is 110 cm³/mol. The zero-order chi connectivity index (χ0) is 19.5. The summed E-state index contributed by atoms with van der Waals surface area (Å²) in [6, 6.07) is 13.1. The Bertz CT molecular complexity index is 718. The first-order valence-electron chi connectivity index (χ1n) is 9.20. The number of nitrogens with one attached hydrogen (secondary N) is 2. The third-order valence-electron chi connectivity index (χ3n) is 4.10. The number of benzene rings is 1. The number of hydrogen-bond acceptors (Lipinski definition) is 5. The molecule has 2 amide bonds. The van der Waals surface area contributed by atoms with Crippen molar-refractivity contribution in [2.45, 2.75) is 31.7 Å². The summed E-state index contributed by atoms with van der Waals surface area (Å²) < 4.78 is 0. The highest BCUT2D eigenvalue weighted by atomic mass is 32.1. The minimum atomic E-state index is -0.668. The molecule has 2 aromatic rings. The molecular formula is C20H28N4O2S. The molecule has 7 heteroatoms. The van der Waals surface area contributed by atoms with E-state index in [2.05, 4.69) is 22.8 Å². The van der Waals surface area contributed by atoms with E-state index < -0.39 is 6.04 Å². The third-order valence-corrected chi connectivity index (χ3v) is 5.30. The second-order valence-electron chi connectivity index (χ2n) is 6.37. The monoisotopic (exact) mass is 388 g/mol. The van der Waals surface area contributed by atoms with E-state index in [0.29, 0.717) is 19.5 Å². The van der Waals surface area contributed by atoms with Crippen molar-refractivity contribution in [1.29, 1.82) is 0 Å². The third kappa shape index (κ3) is 7.90. The van der Waals surface area contributed by atoms with Crippen LogP contribution in [0.1, 0.15) is 21.7 Å². The lowest BCUT2D eigenvalue weighted by Crippen LogP contribution is -2.46. The van der Waals surface area contributed by atoms with Crippen molar-refractivity contribution in [1.82, 2.24) is 10.6 Å². The van der Waals surface area contributed by atoms with Crippen molar-refractivity contribution in [3.05, 3.63) is 57.8 Å². The molecule has 6 nitrogen and oxygen atoms in total. The molecule has 0 aliphatic carbocycles. The van der Waals surface area contributed by atoms with Crippen LogP contribution in [0.3, 0.4) is 0 Å². The van der Waals surface area contributed by atoms with Crippen molar-refractivity contribution in [3.8, 4) is 0 Å². The predicted octanol–water partition coefficient (Wildman–Crippen LogP) is 0.984. The van der Waals surface area contributed by atoms with Crippen molar-refractivity contribution in [2.24, 2.45) is 11.5 Å². The van der Waals surface area contributed by atoms with E-state index in [0.717, 1.165) is 24.8 Å². The fourth-order valence-electron chi connectivity index (χ4n) is 2.61. The van der Waals surface area contributed by atoms with Crippen LogP contribution in [0.15, 0.2) is 42.5 Å². The molecule has 0 saturated heterocycles. The molecule has 1 heterocycles. The molecule has 0 radical (unpaired) electrons. The Morgan fingerprint density at radius 3 is 2.41 bits per heavy atom. The van der Waals surface area contributed by atoms with Gasteiger partial charge in [0.2, 0.25) is 11.8 Å². The zero-order valence-corrected chi connectivity index (χ0v) is 16.3. The van der Waals surface area contributed by atoms with Gasteiger partial charge in [0.15, 0.2) is 0 Å². The lowest BCUT2D eigenvalue weighted by molar-refractivity contribution is -0.126. The van der Waals surface area contributed by atoms with Crippen LogP contribution in [-0.4, -0.2) is 37.5 Å². The van der Waals surface area contributed by atoms with Gasteiger partial charge in [-0.1, -0.05) is 30.3 Å². The van der Waals surface area contributed by atoms with Crippen molar-refractivity contribution in [3.63, 3.8) is 0 Å². The van der Waals surface area contributed by atoms with Crippen LogP contribution in [0.2, 0.25) is 0 Å². The van der Waals surface area contributed by atoms with E-state index in [1.807, 2.05) is 30.3 Å². The SMILES string of the molecule is NCCCc1ccc(CCNC(=O)CNC(=O)[C@H](N)Cc2ccccc2)s1. The molecule has 0 unspecified atom stereocenters. The van der Waals surface area contributed by atoms with Crippen LogP contribution in [0.4, 0.5) is 0 Å². The zero-order valence-electron chi connectivity index (χ0n) is 15.4. The van der Waals surface area contributed by atoms with Gasteiger partial charge in [-0.15, -0.1) is 11.3 Å². The Labute approximate surface area is 164 Å². The summed E-state index contributed by atoms with van der Waals surface area (Å²) in [6.07, 6.45) is 3.21. The van der Waals surface area contributed by atoms with Gasteiger partial charge in [0.1, 0.15) is 0 Å². The van der Waals surface area contributed by atoms with Gasteiger partial charge in [0.05, 0.1) is 12.6 Å². The van der Waals surface area contributed by atoms with E-state index in [9.17, 15) is 9.59 Å². The van der Waals surface area contributed by atoms with E-state index in [1.165, 1.54) is 9.75 Å². The molecule has 0 saturated carbocycles. The number of thiophene rings is 1. The number of amides is 2. The van der Waals surface area contributed by atoms with Gasteiger partial charge >= 0.3 is 0 Å². The van der Waals surface area contributed by atoms with Crippen molar-refractivity contribution in [2.75, 3.05) is 19.6 Å². The van der Waals surface area contributed by atoms with Crippen LogP contribution >= 0.6 is 11.3 Å². The largest absolute Gasteiger partial charge is 0.354 e. The lowest BCUT2D eigenvalue weighted by atomic mass is 10.1. The van der Waals surface area contributed by atoms with E-state index >= 15 is 0 Å². The molecule has 146 valence electrons. The number of rotatable bonds is 11. The molecule has 0 aliphatic heterocycles. The second kappa shape index (κ2) is 11.5. The standard InChI is InChI=1S/C20H28N4O2S/c21-11-4-7-16-8-9-17(27-16)10-12-23-19(25)14-24-20(26)18(22)13-15-5-2-1-3-6-15/h1-3,5-6,8-9,18H,4,7,10-14,21-22H2,(H,23,25)(H,24,26)/t18-/m1/s1. The van der Waals surface area contributed by atoms with Gasteiger partial charge < -0.3 is 22.1 Å². The summed E-state index contributed by atoms with van der Waals surface area (Å²) in [7, 11) is 0. The quantitative estimate of drug-likeness (QED) is 0.460. The molecule has 0 spiro atoms. The minimum absolute atomic E-state index is 0.0620. The Kier molecular flexibility index (Phi) is 8.97. The highest BCUT2D eigenvalue weighted by molar-refractivity contribution is 7.11. The van der Waals surface area contributed by atoms with Crippen LogP contribution < -0.4 is 22.1 Å². The summed E-state index contributed by atoms with van der Waals surface area (Å²) in [4.78, 5) is 26.5. The first-order chi connectivity index (χ1) is 13.1. The van der Waals surface area contributed by atoms with Crippen LogP contribution in [0, 0.1) is 0 Å². The molecule has 1 atom stereocenters. The molecule has 2 rings (SSSR count). The van der Waals surface area contributed by atoms with Crippen LogP contribution in [0.25, 0.3) is 0 Å². The highest BCUT2D eigenvalue weighted by Crippen LogP contribution is 2.18. The maximum absolute atomic E-state index is 12.0. The number of carbonyl (C=O) groups is 2. The second-order valence-corrected chi connectivity index (χ2v) is 7.63. The summed E-state index contributed by atoms with van der Waals surface area (Å²) in [5.74, 6) is -0.535. The Hall–Kier alpha value is -2.22.